The van der Waals surface area contributed by atoms with Crippen molar-refractivity contribution in [2.24, 2.45) is 0 Å². The number of rotatable bonds is 3. The zero-order chi connectivity index (χ0) is 21.6. The number of hydrazine groups is 1. The van der Waals surface area contributed by atoms with E-state index in [9.17, 15) is 14.7 Å². The van der Waals surface area contributed by atoms with Crippen LogP contribution in [0.1, 0.15) is 33.6 Å². The molecule has 0 saturated carbocycles. The highest BCUT2D eigenvalue weighted by atomic mass is 16.4. The van der Waals surface area contributed by atoms with Gasteiger partial charge < -0.3 is 10.0 Å². The Hall–Kier alpha value is -2.74. The van der Waals surface area contributed by atoms with Gasteiger partial charge in [0.25, 0.3) is 0 Å². The van der Waals surface area contributed by atoms with Crippen LogP contribution >= 0.6 is 0 Å². The standard InChI is InChI=1S/C22H31N5O3/c1-22(2,3)27-19-13-23-18(20(28)29)10-5-15(19)14-26(27)17-8-6-16(7-9-17)25-12-11-24(4)21(25)30/h6-9,18,23H,5,10-14H2,1-4H3,(H,28,29). The van der Waals surface area contributed by atoms with Crippen molar-refractivity contribution in [1.29, 1.82) is 0 Å². The molecule has 3 aliphatic rings. The first-order valence-corrected chi connectivity index (χ1v) is 10.5. The quantitative estimate of drug-likeness (QED) is 0.793. The van der Waals surface area contributed by atoms with Gasteiger partial charge in [-0.05, 0) is 63.5 Å². The largest absolute Gasteiger partial charge is 0.480 e. The Kier molecular flexibility index (Phi) is 5.13. The number of hydrogen-bond acceptors (Lipinski definition) is 5. The van der Waals surface area contributed by atoms with Gasteiger partial charge in [-0.25, -0.2) is 4.79 Å². The van der Waals surface area contributed by atoms with Crippen LogP contribution in [0.25, 0.3) is 0 Å². The van der Waals surface area contributed by atoms with Gasteiger partial charge in [-0.2, -0.15) is 0 Å². The van der Waals surface area contributed by atoms with Crippen LogP contribution in [0.15, 0.2) is 35.5 Å². The van der Waals surface area contributed by atoms with Crippen molar-refractivity contribution in [1.82, 2.24) is 15.2 Å². The molecule has 3 heterocycles. The highest BCUT2D eigenvalue weighted by Crippen LogP contribution is 2.38. The average molecular weight is 414 g/mol. The Balaban J connectivity index is 1.57. The van der Waals surface area contributed by atoms with Gasteiger partial charge in [0.1, 0.15) is 6.04 Å². The summed E-state index contributed by atoms with van der Waals surface area (Å²) in [4.78, 5) is 27.3. The maximum absolute atomic E-state index is 12.3. The van der Waals surface area contributed by atoms with Crippen LogP contribution in [0.3, 0.4) is 0 Å². The van der Waals surface area contributed by atoms with Crippen LogP contribution in [-0.4, -0.2) is 71.8 Å². The molecule has 3 aliphatic heterocycles. The zero-order valence-corrected chi connectivity index (χ0v) is 18.2. The highest BCUT2D eigenvalue weighted by Gasteiger charge is 2.39. The molecule has 0 bridgehead atoms. The minimum Gasteiger partial charge on any atom is -0.480 e. The number of anilines is 2. The predicted molar refractivity (Wildman–Crippen MR) is 116 cm³/mol. The molecule has 2 amide bonds. The number of carboxylic acid groups (broad SMARTS) is 1. The number of carbonyl (C=O) groups is 2. The lowest BCUT2D eigenvalue weighted by atomic mass is 10.0. The highest BCUT2D eigenvalue weighted by molar-refractivity contribution is 5.94. The van der Waals surface area contributed by atoms with Crippen LogP contribution in [0.4, 0.5) is 16.2 Å². The van der Waals surface area contributed by atoms with E-state index < -0.39 is 12.0 Å². The third kappa shape index (κ3) is 3.60. The first-order valence-electron chi connectivity index (χ1n) is 10.5. The van der Waals surface area contributed by atoms with Crippen molar-refractivity contribution >= 4 is 23.4 Å². The third-order valence-electron chi connectivity index (χ3n) is 6.11. The maximum Gasteiger partial charge on any atom is 0.324 e. The molecule has 1 aromatic rings. The van der Waals surface area contributed by atoms with Gasteiger partial charge in [0.2, 0.25) is 0 Å². The summed E-state index contributed by atoms with van der Waals surface area (Å²) in [7, 11) is 1.82. The molecule has 0 radical (unpaired) electrons. The summed E-state index contributed by atoms with van der Waals surface area (Å²) in [6.45, 7) is 9.26. The first kappa shape index (κ1) is 20.5. The number of amides is 2. The van der Waals surface area contributed by atoms with Gasteiger partial charge in [0, 0.05) is 32.4 Å². The fourth-order valence-corrected chi connectivity index (χ4v) is 4.58. The van der Waals surface area contributed by atoms with Crippen LogP contribution < -0.4 is 15.2 Å². The van der Waals surface area contributed by atoms with E-state index in [0.717, 1.165) is 30.9 Å². The van der Waals surface area contributed by atoms with Gasteiger partial charge in [0.15, 0.2) is 0 Å². The summed E-state index contributed by atoms with van der Waals surface area (Å²) >= 11 is 0. The van der Waals surface area contributed by atoms with E-state index in [1.807, 2.05) is 19.2 Å². The number of carbonyl (C=O) groups excluding carboxylic acids is 1. The van der Waals surface area contributed by atoms with Crippen LogP contribution in [-0.2, 0) is 4.79 Å². The topological polar surface area (TPSA) is 79.4 Å². The normalized spacial score (nSPS) is 22.7. The Morgan fingerprint density at radius 1 is 1.13 bits per heavy atom. The lowest BCUT2D eigenvalue weighted by Gasteiger charge is -2.44. The Morgan fingerprint density at radius 3 is 2.37 bits per heavy atom. The molecule has 0 aromatic heterocycles. The number of benzene rings is 1. The number of carboxylic acids is 1. The molecule has 1 saturated heterocycles. The monoisotopic (exact) mass is 413 g/mol. The third-order valence-corrected chi connectivity index (χ3v) is 6.11. The van der Waals surface area contributed by atoms with E-state index in [1.165, 1.54) is 11.3 Å². The average Bonchev–Trinajstić information content (AvgIpc) is 3.15. The van der Waals surface area contributed by atoms with E-state index in [4.69, 9.17) is 0 Å². The molecule has 0 aliphatic carbocycles. The number of nitrogens with zero attached hydrogens (tertiary/aromatic N) is 4. The number of likely N-dealkylation sites (N-methyl/N-ethyl adjacent to an activating group) is 1. The molecule has 1 atom stereocenters. The molecule has 1 unspecified atom stereocenters. The Morgan fingerprint density at radius 2 is 1.80 bits per heavy atom. The van der Waals surface area contributed by atoms with Gasteiger partial charge in [-0.3, -0.25) is 25.0 Å². The van der Waals surface area contributed by atoms with E-state index in [-0.39, 0.29) is 11.6 Å². The number of hydrogen-bond donors (Lipinski definition) is 2. The molecular formula is C22H31N5O3. The SMILES string of the molecule is CN1CCN(c2ccc(N3CC4=C(CNC(C(=O)O)CC4)N3C(C)(C)C)cc2)C1=O. The van der Waals surface area contributed by atoms with E-state index >= 15 is 0 Å². The minimum absolute atomic E-state index is 0.0349. The zero-order valence-electron chi connectivity index (χ0n) is 18.2. The van der Waals surface area contributed by atoms with Gasteiger partial charge >= 0.3 is 12.0 Å². The van der Waals surface area contributed by atoms with Gasteiger partial charge in [-0.15, -0.1) is 0 Å². The van der Waals surface area contributed by atoms with Crippen LogP contribution in [0, 0.1) is 0 Å². The van der Waals surface area contributed by atoms with Gasteiger partial charge in [-0.1, -0.05) is 0 Å². The maximum atomic E-state index is 12.3. The van der Waals surface area contributed by atoms with Crippen molar-refractivity contribution < 1.29 is 14.7 Å². The lowest BCUT2D eigenvalue weighted by molar-refractivity contribution is -0.139. The van der Waals surface area contributed by atoms with Crippen LogP contribution in [0.5, 0.6) is 0 Å². The number of urea groups is 1. The second-order valence-corrected chi connectivity index (χ2v) is 9.27. The molecule has 1 fully saturated rings. The molecule has 8 nitrogen and oxygen atoms in total. The van der Waals surface area contributed by atoms with Crippen molar-refractivity contribution in [3.63, 3.8) is 0 Å². The fraction of sp³-hybridized carbons (Fsp3) is 0.545. The molecule has 162 valence electrons. The van der Waals surface area contributed by atoms with Crippen molar-refractivity contribution in [3.8, 4) is 0 Å². The second-order valence-electron chi connectivity index (χ2n) is 9.27. The molecule has 4 rings (SSSR count). The summed E-state index contributed by atoms with van der Waals surface area (Å²) in [6, 6.07) is 7.69. The van der Waals surface area contributed by atoms with E-state index in [2.05, 4.69) is 48.2 Å². The van der Waals surface area contributed by atoms with E-state index in [0.29, 0.717) is 19.5 Å². The summed E-state index contributed by atoms with van der Waals surface area (Å²) < 4.78 is 0. The molecule has 8 heteroatoms. The summed E-state index contributed by atoms with van der Waals surface area (Å²) in [5, 5.41) is 17.2. The molecule has 30 heavy (non-hydrogen) atoms. The number of aliphatic carboxylic acids is 1. The van der Waals surface area contributed by atoms with Crippen LogP contribution in [0.2, 0.25) is 0 Å². The minimum atomic E-state index is -0.784. The first-order chi connectivity index (χ1) is 14.2. The molecule has 1 aromatic carbocycles. The molecular weight excluding hydrogens is 382 g/mol. The second kappa shape index (κ2) is 7.50. The lowest BCUT2D eigenvalue weighted by Crippen LogP contribution is -2.51. The summed E-state index contributed by atoms with van der Waals surface area (Å²) in [6.07, 6.45) is 1.37. The smallest absolute Gasteiger partial charge is 0.324 e. The summed E-state index contributed by atoms with van der Waals surface area (Å²) in [5.74, 6) is -0.784. The fourth-order valence-electron chi connectivity index (χ4n) is 4.58. The summed E-state index contributed by atoms with van der Waals surface area (Å²) in [5.41, 5.74) is 4.29. The Labute approximate surface area is 177 Å². The predicted octanol–water partition coefficient (Wildman–Crippen LogP) is 2.48. The van der Waals surface area contributed by atoms with Crippen molar-refractivity contribution in [2.45, 2.75) is 45.2 Å². The molecule has 0 spiro atoms. The Bertz CT molecular complexity index is 874. The molecule has 2 N–H and O–H groups in total. The number of nitrogens with one attached hydrogen (secondary N) is 1. The van der Waals surface area contributed by atoms with Gasteiger partial charge in [0.05, 0.1) is 23.5 Å². The van der Waals surface area contributed by atoms with E-state index in [1.54, 1.807) is 9.80 Å². The van der Waals surface area contributed by atoms with Crippen molar-refractivity contribution in [3.05, 3.63) is 35.5 Å². The van der Waals surface area contributed by atoms with Crippen molar-refractivity contribution in [2.75, 3.05) is 43.1 Å².